The molecule has 3 heteroatoms. The van der Waals surface area contributed by atoms with E-state index in [9.17, 15) is 4.79 Å². The summed E-state index contributed by atoms with van der Waals surface area (Å²) >= 11 is 0. The van der Waals surface area contributed by atoms with Crippen molar-refractivity contribution in [2.24, 2.45) is 0 Å². The molecule has 0 bridgehead atoms. The summed E-state index contributed by atoms with van der Waals surface area (Å²) in [5.74, 6) is 0.247. The molecule has 0 saturated carbocycles. The Morgan fingerprint density at radius 1 is 1.32 bits per heavy atom. The molecule has 1 amide bonds. The fourth-order valence-corrected chi connectivity index (χ4v) is 3.51. The van der Waals surface area contributed by atoms with E-state index >= 15 is 0 Å². The fourth-order valence-electron chi connectivity index (χ4n) is 3.51. The average molecular weight is 302 g/mol. The Morgan fingerprint density at radius 3 is 2.73 bits per heavy atom. The number of likely N-dealkylation sites (N-methyl/N-ethyl adjacent to an activating group) is 1. The van der Waals surface area contributed by atoms with Crippen molar-refractivity contribution < 1.29 is 4.79 Å². The van der Waals surface area contributed by atoms with Crippen molar-refractivity contribution >= 4 is 11.6 Å². The largest absolute Gasteiger partial charge is 0.314 e. The number of rotatable bonds is 5. The van der Waals surface area contributed by atoms with Gasteiger partial charge in [0.2, 0.25) is 5.91 Å². The second-order valence-corrected chi connectivity index (χ2v) is 6.57. The Kier molecular flexibility index (Phi) is 6.01. The molecule has 1 aliphatic heterocycles. The van der Waals surface area contributed by atoms with Gasteiger partial charge in [0, 0.05) is 18.8 Å². The lowest BCUT2D eigenvalue weighted by Crippen LogP contribution is -2.53. The van der Waals surface area contributed by atoms with E-state index < -0.39 is 0 Å². The number of benzene rings is 1. The lowest BCUT2D eigenvalue weighted by atomic mass is 9.94. The summed E-state index contributed by atoms with van der Waals surface area (Å²) in [5.41, 5.74) is 2.18. The van der Waals surface area contributed by atoms with Gasteiger partial charge in [-0.1, -0.05) is 31.5 Å². The maximum Gasteiger partial charge on any atom is 0.244 e. The maximum absolute atomic E-state index is 13.1. The molecule has 1 fully saturated rings. The van der Waals surface area contributed by atoms with Gasteiger partial charge in [-0.3, -0.25) is 9.69 Å². The zero-order valence-corrected chi connectivity index (χ0v) is 14.5. The predicted octanol–water partition coefficient (Wildman–Crippen LogP) is 4.00. The number of hydrogen-bond donors (Lipinski definition) is 0. The Bertz CT molecular complexity index is 500. The maximum atomic E-state index is 13.1. The third-order valence-electron chi connectivity index (χ3n) is 4.93. The first-order valence-electron chi connectivity index (χ1n) is 8.65. The second kappa shape index (κ2) is 7.77. The Balaban J connectivity index is 2.16. The normalized spacial score (nSPS) is 22.5. The van der Waals surface area contributed by atoms with Crippen LogP contribution in [-0.4, -0.2) is 36.5 Å². The lowest BCUT2D eigenvalue weighted by Gasteiger charge is -2.41. The van der Waals surface area contributed by atoms with Gasteiger partial charge < -0.3 is 4.90 Å². The summed E-state index contributed by atoms with van der Waals surface area (Å²) in [6.45, 7) is 7.58. The number of hydrogen-bond acceptors (Lipinski definition) is 2. The molecule has 2 atom stereocenters. The first-order chi connectivity index (χ1) is 10.6. The third-order valence-corrected chi connectivity index (χ3v) is 4.93. The van der Waals surface area contributed by atoms with Gasteiger partial charge in [-0.05, 0) is 57.7 Å². The minimum absolute atomic E-state index is 0.0416. The molecule has 0 aromatic heterocycles. The SMILES string of the molecule is CCCCN1[C@H](C)CCC[C@H]1C(=O)N(C)c1ccccc1C. The van der Waals surface area contributed by atoms with Crippen molar-refractivity contribution in [1.29, 1.82) is 0 Å². The van der Waals surface area contributed by atoms with E-state index in [4.69, 9.17) is 0 Å². The number of aryl methyl sites for hydroxylation is 1. The summed E-state index contributed by atoms with van der Waals surface area (Å²) in [6.07, 6.45) is 5.70. The van der Waals surface area contributed by atoms with Gasteiger partial charge in [0.05, 0.1) is 6.04 Å². The number of anilines is 1. The van der Waals surface area contributed by atoms with E-state index in [1.54, 1.807) is 0 Å². The third kappa shape index (κ3) is 3.70. The summed E-state index contributed by atoms with van der Waals surface area (Å²) in [5, 5.41) is 0. The summed E-state index contributed by atoms with van der Waals surface area (Å²) in [4.78, 5) is 17.3. The van der Waals surface area contributed by atoms with E-state index in [0.717, 1.165) is 30.6 Å². The number of unbranched alkanes of at least 4 members (excludes halogenated alkanes) is 1. The number of likely N-dealkylation sites (tertiary alicyclic amines) is 1. The molecular formula is C19H30N2O. The molecule has 2 rings (SSSR count). The number of amides is 1. The standard InChI is InChI=1S/C19H30N2O/c1-5-6-14-21-16(3)11-9-13-18(21)19(22)20(4)17-12-8-7-10-15(17)2/h7-8,10,12,16,18H,5-6,9,11,13-14H2,1-4H3/t16-,18+/m1/s1. The van der Waals surface area contributed by atoms with Crippen molar-refractivity contribution in [1.82, 2.24) is 4.90 Å². The summed E-state index contributed by atoms with van der Waals surface area (Å²) in [6, 6.07) is 8.69. The van der Waals surface area contributed by atoms with Crippen LogP contribution in [0.25, 0.3) is 0 Å². The van der Waals surface area contributed by atoms with Gasteiger partial charge >= 0.3 is 0 Å². The minimum Gasteiger partial charge on any atom is -0.314 e. The molecule has 1 aliphatic rings. The van der Waals surface area contributed by atoms with Gasteiger partial charge in [-0.15, -0.1) is 0 Å². The molecule has 0 N–H and O–H groups in total. The van der Waals surface area contributed by atoms with Gasteiger partial charge in [-0.25, -0.2) is 0 Å². The van der Waals surface area contributed by atoms with Crippen LogP contribution in [0, 0.1) is 6.92 Å². The van der Waals surface area contributed by atoms with E-state index in [2.05, 4.69) is 31.7 Å². The molecule has 1 aromatic carbocycles. The van der Waals surface area contributed by atoms with Crippen molar-refractivity contribution in [2.75, 3.05) is 18.5 Å². The Morgan fingerprint density at radius 2 is 2.05 bits per heavy atom. The van der Waals surface area contributed by atoms with Gasteiger partial charge in [-0.2, -0.15) is 0 Å². The van der Waals surface area contributed by atoms with E-state index in [1.165, 1.54) is 19.3 Å². The molecular weight excluding hydrogens is 272 g/mol. The molecule has 1 aromatic rings. The summed E-state index contributed by atoms with van der Waals surface area (Å²) in [7, 11) is 1.92. The van der Waals surface area contributed by atoms with Crippen LogP contribution >= 0.6 is 0 Å². The molecule has 0 spiro atoms. The molecule has 1 saturated heterocycles. The molecule has 1 heterocycles. The van der Waals surface area contributed by atoms with Crippen LogP contribution in [0.1, 0.15) is 51.5 Å². The second-order valence-electron chi connectivity index (χ2n) is 6.57. The average Bonchev–Trinajstić information content (AvgIpc) is 2.52. The van der Waals surface area contributed by atoms with E-state index in [1.807, 2.05) is 30.1 Å². The molecule has 0 unspecified atom stereocenters. The first-order valence-corrected chi connectivity index (χ1v) is 8.65. The number of nitrogens with zero attached hydrogens (tertiary/aromatic N) is 2. The van der Waals surface area contributed by atoms with Gasteiger partial charge in [0.15, 0.2) is 0 Å². The zero-order chi connectivity index (χ0) is 16.1. The van der Waals surface area contributed by atoms with Crippen LogP contribution < -0.4 is 4.90 Å². The zero-order valence-electron chi connectivity index (χ0n) is 14.5. The highest BCUT2D eigenvalue weighted by Gasteiger charge is 2.34. The van der Waals surface area contributed by atoms with E-state index in [-0.39, 0.29) is 11.9 Å². The van der Waals surface area contributed by atoms with Crippen LogP contribution in [0.3, 0.4) is 0 Å². The first kappa shape index (κ1) is 17.0. The molecule has 3 nitrogen and oxygen atoms in total. The van der Waals surface area contributed by atoms with Crippen molar-refractivity contribution in [2.45, 2.75) is 65.0 Å². The molecule has 0 radical (unpaired) electrons. The van der Waals surface area contributed by atoms with Gasteiger partial charge in [0.25, 0.3) is 0 Å². The van der Waals surface area contributed by atoms with Crippen molar-refractivity contribution in [3.63, 3.8) is 0 Å². The highest BCUT2D eigenvalue weighted by molar-refractivity contribution is 5.97. The van der Waals surface area contributed by atoms with Crippen LogP contribution in [0.4, 0.5) is 5.69 Å². The fraction of sp³-hybridized carbons (Fsp3) is 0.632. The summed E-state index contributed by atoms with van der Waals surface area (Å²) < 4.78 is 0. The van der Waals surface area contributed by atoms with Crippen LogP contribution in [0.15, 0.2) is 24.3 Å². The van der Waals surface area contributed by atoms with Crippen LogP contribution in [0.2, 0.25) is 0 Å². The van der Waals surface area contributed by atoms with Crippen molar-refractivity contribution in [3.8, 4) is 0 Å². The number of carbonyl (C=O) groups is 1. The minimum atomic E-state index is 0.0416. The monoisotopic (exact) mass is 302 g/mol. The number of piperidine rings is 1. The lowest BCUT2D eigenvalue weighted by molar-refractivity contribution is -0.126. The van der Waals surface area contributed by atoms with Crippen LogP contribution in [-0.2, 0) is 4.79 Å². The predicted molar refractivity (Wildman–Crippen MR) is 93.3 cm³/mol. The Labute approximate surface area is 135 Å². The number of carbonyl (C=O) groups excluding carboxylic acids is 1. The van der Waals surface area contributed by atoms with E-state index in [0.29, 0.717) is 6.04 Å². The highest BCUT2D eigenvalue weighted by Crippen LogP contribution is 2.27. The smallest absolute Gasteiger partial charge is 0.244 e. The topological polar surface area (TPSA) is 23.6 Å². The molecule has 122 valence electrons. The van der Waals surface area contributed by atoms with Crippen LogP contribution in [0.5, 0.6) is 0 Å². The quantitative estimate of drug-likeness (QED) is 0.820. The molecule has 22 heavy (non-hydrogen) atoms. The number of para-hydroxylation sites is 1. The molecule has 0 aliphatic carbocycles. The van der Waals surface area contributed by atoms with Crippen molar-refractivity contribution in [3.05, 3.63) is 29.8 Å². The van der Waals surface area contributed by atoms with Gasteiger partial charge in [0.1, 0.15) is 0 Å². The highest BCUT2D eigenvalue weighted by atomic mass is 16.2. The Hall–Kier alpha value is -1.35.